The molecule has 0 unspecified atom stereocenters. The fraction of sp³-hybridized carbons (Fsp3) is 0.429. The molecule has 3 rings (SSSR count). The third kappa shape index (κ3) is 5.59. The van der Waals surface area contributed by atoms with Crippen LogP contribution in [0.1, 0.15) is 48.6 Å². The maximum Gasteiger partial charge on any atom is 0.471 e. The molecule has 1 N–H and O–H groups in total. The highest BCUT2D eigenvalue weighted by atomic mass is 32.1. The number of nitrogens with one attached hydrogen (secondary N) is 1. The molecule has 1 aromatic heterocycles. The van der Waals surface area contributed by atoms with Crippen molar-refractivity contribution in [3.8, 4) is 0 Å². The van der Waals surface area contributed by atoms with E-state index in [2.05, 4.69) is 5.32 Å². The summed E-state index contributed by atoms with van der Waals surface area (Å²) in [6, 6.07) is 10.3. The number of benzene rings is 1. The highest BCUT2D eigenvalue weighted by Crippen LogP contribution is 2.32. The van der Waals surface area contributed by atoms with E-state index in [0.29, 0.717) is 15.3 Å². The summed E-state index contributed by atoms with van der Waals surface area (Å²) in [5.41, 5.74) is 0.525. The van der Waals surface area contributed by atoms with Crippen LogP contribution in [0, 0.1) is 0 Å². The first-order valence-corrected chi connectivity index (χ1v) is 10.5. The number of hydrogen-bond donors (Lipinski definition) is 1. The van der Waals surface area contributed by atoms with E-state index in [-0.39, 0.29) is 12.6 Å². The zero-order valence-corrected chi connectivity index (χ0v) is 16.6. The van der Waals surface area contributed by atoms with Crippen LogP contribution in [-0.2, 0) is 16.1 Å². The standard InChI is InChI=1S/C21H23F3N2O2S/c22-21(23,24)20(28)26(14-15-8-3-1-4-9-15)18(17-12-7-13-29-17)19(27)25-16-10-5-2-6-11-16/h1,3-4,7-9,12-13,16,18H,2,5-6,10-11,14H2,(H,25,27)/t18-/m1/s1. The second kappa shape index (κ2) is 9.43. The van der Waals surface area contributed by atoms with Crippen LogP contribution in [0.15, 0.2) is 47.8 Å². The number of carbonyl (C=O) groups is 2. The lowest BCUT2D eigenvalue weighted by atomic mass is 9.95. The number of thiophene rings is 1. The number of alkyl halides is 3. The van der Waals surface area contributed by atoms with Gasteiger partial charge in [-0.1, -0.05) is 55.7 Å². The summed E-state index contributed by atoms with van der Waals surface area (Å²) in [6.07, 6.45) is -0.430. The Balaban J connectivity index is 1.93. The molecule has 2 amide bonds. The molecule has 1 atom stereocenters. The van der Waals surface area contributed by atoms with E-state index in [1.54, 1.807) is 47.8 Å². The quantitative estimate of drug-likeness (QED) is 0.722. The molecule has 1 aliphatic carbocycles. The van der Waals surface area contributed by atoms with Crippen molar-refractivity contribution in [2.24, 2.45) is 0 Å². The van der Waals surface area contributed by atoms with E-state index in [9.17, 15) is 22.8 Å². The summed E-state index contributed by atoms with van der Waals surface area (Å²) in [7, 11) is 0. The number of hydrogen-bond acceptors (Lipinski definition) is 3. The molecule has 0 spiro atoms. The predicted molar refractivity (Wildman–Crippen MR) is 105 cm³/mol. The maximum absolute atomic E-state index is 13.4. The monoisotopic (exact) mass is 424 g/mol. The first-order chi connectivity index (χ1) is 13.9. The van der Waals surface area contributed by atoms with Crippen LogP contribution < -0.4 is 5.32 Å². The average Bonchev–Trinajstić information content (AvgIpc) is 3.22. The molecule has 0 bridgehead atoms. The van der Waals surface area contributed by atoms with Crippen molar-refractivity contribution >= 4 is 23.2 Å². The van der Waals surface area contributed by atoms with Crippen molar-refractivity contribution in [1.82, 2.24) is 10.2 Å². The van der Waals surface area contributed by atoms with Crippen LogP contribution >= 0.6 is 11.3 Å². The number of rotatable bonds is 6. The molecule has 0 aliphatic heterocycles. The van der Waals surface area contributed by atoms with Gasteiger partial charge < -0.3 is 10.2 Å². The van der Waals surface area contributed by atoms with E-state index in [1.165, 1.54) is 11.3 Å². The normalized spacial score (nSPS) is 16.2. The lowest BCUT2D eigenvalue weighted by Crippen LogP contribution is -2.49. The topological polar surface area (TPSA) is 49.4 Å². The van der Waals surface area contributed by atoms with Crippen LogP contribution in [0.5, 0.6) is 0 Å². The van der Waals surface area contributed by atoms with Crippen LogP contribution in [0.3, 0.4) is 0 Å². The lowest BCUT2D eigenvalue weighted by Gasteiger charge is -2.33. The molecule has 29 heavy (non-hydrogen) atoms. The molecule has 1 aliphatic rings. The average molecular weight is 424 g/mol. The lowest BCUT2D eigenvalue weighted by molar-refractivity contribution is -0.189. The van der Waals surface area contributed by atoms with Gasteiger partial charge >= 0.3 is 12.1 Å². The van der Waals surface area contributed by atoms with Gasteiger partial charge in [0.2, 0.25) is 5.91 Å². The number of nitrogens with zero attached hydrogens (tertiary/aromatic N) is 1. The Hall–Kier alpha value is -2.35. The van der Waals surface area contributed by atoms with Crippen molar-refractivity contribution in [3.63, 3.8) is 0 Å². The van der Waals surface area contributed by atoms with Gasteiger partial charge in [-0.25, -0.2) is 0 Å². The Bertz CT molecular complexity index is 803. The minimum absolute atomic E-state index is 0.0710. The summed E-state index contributed by atoms with van der Waals surface area (Å²) in [4.78, 5) is 26.5. The molecule has 1 aromatic carbocycles. The number of amides is 2. The summed E-state index contributed by atoms with van der Waals surface area (Å²) < 4.78 is 40.2. The minimum atomic E-state index is -5.07. The summed E-state index contributed by atoms with van der Waals surface area (Å²) in [5.74, 6) is -2.58. The number of carbonyl (C=O) groups excluding carboxylic acids is 2. The van der Waals surface area contributed by atoms with E-state index in [1.807, 2.05) is 0 Å². The molecule has 0 saturated heterocycles. The third-order valence-electron chi connectivity index (χ3n) is 5.02. The van der Waals surface area contributed by atoms with Gasteiger partial charge in [0.05, 0.1) is 0 Å². The first kappa shape index (κ1) is 21.4. The van der Waals surface area contributed by atoms with E-state index in [0.717, 1.165) is 32.1 Å². The van der Waals surface area contributed by atoms with Gasteiger partial charge in [0.15, 0.2) is 0 Å². The SMILES string of the molecule is O=C(NC1CCCCC1)[C@@H](c1cccs1)N(Cc1ccccc1)C(=O)C(F)(F)F. The second-order valence-electron chi connectivity index (χ2n) is 7.18. The first-order valence-electron chi connectivity index (χ1n) is 9.62. The highest BCUT2D eigenvalue weighted by Gasteiger charge is 2.47. The number of halogens is 3. The maximum atomic E-state index is 13.4. The molecule has 8 heteroatoms. The Morgan fingerprint density at radius 2 is 1.76 bits per heavy atom. The summed E-state index contributed by atoms with van der Waals surface area (Å²) in [5, 5.41) is 4.58. The largest absolute Gasteiger partial charge is 0.471 e. The summed E-state index contributed by atoms with van der Waals surface area (Å²) in [6.45, 7) is -0.306. The van der Waals surface area contributed by atoms with Gasteiger partial charge in [0, 0.05) is 17.5 Å². The van der Waals surface area contributed by atoms with Crippen LogP contribution in [-0.4, -0.2) is 28.9 Å². The third-order valence-corrected chi connectivity index (χ3v) is 5.95. The van der Waals surface area contributed by atoms with Gasteiger partial charge in [0.1, 0.15) is 6.04 Å². The summed E-state index contributed by atoms with van der Waals surface area (Å²) >= 11 is 1.17. The van der Waals surface area contributed by atoms with Gasteiger partial charge in [-0.15, -0.1) is 11.3 Å². The van der Waals surface area contributed by atoms with Gasteiger partial charge in [-0.05, 0) is 29.9 Å². The molecular weight excluding hydrogens is 401 g/mol. The van der Waals surface area contributed by atoms with Crippen LogP contribution in [0.4, 0.5) is 13.2 Å². The molecule has 0 radical (unpaired) electrons. The van der Waals surface area contributed by atoms with E-state index in [4.69, 9.17) is 0 Å². The Morgan fingerprint density at radius 3 is 2.34 bits per heavy atom. The zero-order valence-electron chi connectivity index (χ0n) is 15.8. The second-order valence-corrected chi connectivity index (χ2v) is 8.16. The highest BCUT2D eigenvalue weighted by molar-refractivity contribution is 7.10. The van der Waals surface area contributed by atoms with Crippen molar-refractivity contribution in [1.29, 1.82) is 0 Å². The molecule has 1 saturated carbocycles. The fourth-order valence-corrected chi connectivity index (χ4v) is 4.46. The Labute approximate surface area is 171 Å². The molecular formula is C21H23F3N2O2S. The van der Waals surface area contributed by atoms with E-state index >= 15 is 0 Å². The van der Waals surface area contributed by atoms with Gasteiger partial charge in [-0.2, -0.15) is 13.2 Å². The molecule has 4 nitrogen and oxygen atoms in total. The molecule has 156 valence electrons. The Kier molecular flexibility index (Phi) is 6.95. The molecule has 1 heterocycles. The molecule has 2 aromatic rings. The minimum Gasteiger partial charge on any atom is -0.351 e. The smallest absolute Gasteiger partial charge is 0.351 e. The van der Waals surface area contributed by atoms with Gasteiger partial charge in [-0.3, -0.25) is 9.59 Å². The van der Waals surface area contributed by atoms with Crippen molar-refractivity contribution in [2.75, 3.05) is 0 Å². The predicted octanol–water partition coefficient (Wildman–Crippen LogP) is 4.83. The van der Waals surface area contributed by atoms with Gasteiger partial charge in [0.25, 0.3) is 0 Å². The van der Waals surface area contributed by atoms with Crippen LogP contribution in [0.25, 0.3) is 0 Å². The van der Waals surface area contributed by atoms with Crippen molar-refractivity contribution < 1.29 is 22.8 Å². The van der Waals surface area contributed by atoms with Crippen molar-refractivity contribution in [2.45, 2.75) is 56.9 Å². The zero-order chi connectivity index (χ0) is 20.9. The van der Waals surface area contributed by atoms with Crippen molar-refractivity contribution in [3.05, 3.63) is 58.3 Å². The van der Waals surface area contributed by atoms with Crippen LogP contribution in [0.2, 0.25) is 0 Å². The molecule has 1 fully saturated rings. The fourth-order valence-electron chi connectivity index (χ4n) is 3.62. The Morgan fingerprint density at radius 1 is 1.07 bits per heavy atom. The van der Waals surface area contributed by atoms with E-state index < -0.39 is 24.0 Å².